The van der Waals surface area contributed by atoms with Crippen molar-refractivity contribution in [3.05, 3.63) is 11.7 Å². The third kappa shape index (κ3) is 2.76. The van der Waals surface area contributed by atoms with Gasteiger partial charge in [0, 0.05) is 13.0 Å². The Morgan fingerprint density at radius 3 is 2.73 bits per heavy atom. The second-order valence-corrected chi connectivity index (χ2v) is 4.15. The number of hydrogen-bond donors (Lipinski definition) is 1. The maximum absolute atomic E-state index is 5.47. The second kappa shape index (κ2) is 4.72. The molecule has 0 spiro atoms. The van der Waals surface area contributed by atoms with Gasteiger partial charge in [0.1, 0.15) is 5.60 Å². The predicted octanol–water partition coefficient (Wildman–Crippen LogP) is 1.40. The average molecular weight is 213 g/mol. The molecule has 0 radical (unpaired) electrons. The van der Waals surface area contributed by atoms with Crippen molar-refractivity contribution in [1.82, 2.24) is 10.1 Å². The van der Waals surface area contributed by atoms with Crippen LogP contribution in [0.25, 0.3) is 0 Å². The molecule has 0 amide bonds. The van der Waals surface area contributed by atoms with E-state index in [0.717, 1.165) is 6.42 Å². The molecular weight excluding hydrogens is 194 g/mol. The van der Waals surface area contributed by atoms with Gasteiger partial charge in [-0.25, -0.2) is 0 Å². The van der Waals surface area contributed by atoms with Gasteiger partial charge in [-0.3, -0.25) is 0 Å². The van der Waals surface area contributed by atoms with E-state index in [1.165, 1.54) is 0 Å². The van der Waals surface area contributed by atoms with E-state index in [-0.39, 0.29) is 5.92 Å². The summed E-state index contributed by atoms with van der Waals surface area (Å²) in [5.41, 5.74) is 4.96. The van der Waals surface area contributed by atoms with Crippen LogP contribution in [0.3, 0.4) is 0 Å². The normalized spacial score (nSPS) is 14.2. The van der Waals surface area contributed by atoms with Crippen LogP contribution in [-0.4, -0.2) is 23.8 Å². The van der Waals surface area contributed by atoms with Crippen molar-refractivity contribution in [2.45, 2.75) is 38.7 Å². The van der Waals surface area contributed by atoms with Crippen molar-refractivity contribution >= 4 is 0 Å². The van der Waals surface area contributed by atoms with Gasteiger partial charge in [0.15, 0.2) is 0 Å². The fraction of sp³-hybridized carbons (Fsp3) is 0.800. The molecule has 5 heteroatoms. The van der Waals surface area contributed by atoms with E-state index in [0.29, 0.717) is 18.3 Å². The summed E-state index contributed by atoms with van der Waals surface area (Å²) >= 11 is 0. The molecule has 0 saturated heterocycles. The monoisotopic (exact) mass is 213 g/mol. The van der Waals surface area contributed by atoms with Crippen LogP contribution in [0.4, 0.5) is 0 Å². The zero-order valence-electron chi connectivity index (χ0n) is 9.78. The molecule has 0 aliphatic rings. The number of nitrogens with two attached hydrogens (primary N) is 1. The van der Waals surface area contributed by atoms with Gasteiger partial charge < -0.3 is 15.0 Å². The molecule has 0 saturated carbocycles. The average Bonchev–Trinajstić information content (AvgIpc) is 2.67. The molecule has 1 rings (SSSR count). The lowest BCUT2D eigenvalue weighted by Gasteiger charge is -2.17. The molecule has 1 atom stereocenters. The zero-order chi connectivity index (χ0) is 11.5. The number of aromatic nitrogens is 2. The molecule has 0 aliphatic heterocycles. The molecule has 1 aromatic heterocycles. The highest BCUT2D eigenvalue weighted by Crippen LogP contribution is 2.23. The Morgan fingerprint density at radius 1 is 1.53 bits per heavy atom. The van der Waals surface area contributed by atoms with Gasteiger partial charge >= 0.3 is 0 Å². The minimum atomic E-state index is -0.510. The smallest absolute Gasteiger partial charge is 0.229 e. The summed E-state index contributed by atoms with van der Waals surface area (Å²) in [6.07, 6.45) is 0.842. The molecule has 15 heavy (non-hydrogen) atoms. The standard InChI is InChI=1S/C10H19N3O2/c1-7(5-6-11)8-12-9(13-15-8)10(2,3)14-4/h7H,5-6,11H2,1-4H3. The number of nitrogens with zero attached hydrogens (tertiary/aromatic N) is 2. The van der Waals surface area contributed by atoms with Crippen LogP contribution in [0.5, 0.6) is 0 Å². The number of hydrogen-bond acceptors (Lipinski definition) is 5. The van der Waals surface area contributed by atoms with E-state index >= 15 is 0 Å². The van der Waals surface area contributed by atoms with E-state index in [2.05, 4.69) is 10.1 Å². The first kappa shape index (κ1) is 12.1. The number of ether oxygens (including phenoxy) is 1. The summed E-state index contributed by atoms with van der Waals surface area (Å²) < 4.78 is 10.4. The molecule has 1 heterocycles. The maximum Gasteiger partial charge on any atom is 0.229 e. The maximum atomic E-state index is 5.47. The van der Waals surface area contributed by atoms with Gasteiger partial charge in [-0.2, -0.15) is 4.98 Å². The van der Waals surface area contributed by atoms with Crippen LogP contribution < -0.4 is 5.73 Å². The Morgan fingerprint density at radius 2 is 2.20 bits per heavy atom. The van der Waals surface area contributed by atoms with Crippen LogP contribution in [0.2, 0.25) is 0 Å². The SMILES string of the molecule is COC(C)(C)c1noc(C(C)CCN)n1. The fourth-order valence-electron chi connectivity index (χ4n) is 1.14. The van der Waals surface area contributed by atoms with Gasteiger partial charge in [0.2, 0.25) is 11.7 Å². The Hall–Kier alpha value is -0.940. The number of rotatable bonds is 5. The Labute approximate surface area is 90.0 Å². The first-order valence-electron chi connectivity index (χ1n) is 5.10. The minimum absolute atomic E-state index is 0.198. The summed E-state index contributed by atoms with van der Waals surface area (Å²) in [4.78, 5) is 4.31. The molecule has 1 aromatic rings. The summed E-state index contributed by atoms with van der Waals surface area (Å²) in [7, 11) is 1.62. The van der Waals surface area contributed by atoms with Crippen molar-refractivity contribution < 1.29 is 9.26 Å². The lowest BCUT2D eigenvalue weighted by Crippen LogP contribution is -2.21. The molecule has 2 N–H and O–H groups in total. The molecule has 5 nitrogen and oxygen atoms in total. The van der Waals surface area contributed by atoms with Gasteiger partial charge in [-0.15, -0.1) is 0 Å². The Kier molecular flexibility index (Phi) is 3.82. The first-order valence-corrected chi connectivity index (χ1v) is 5.10. The van der Waals surface area contributed by atoms with Crippen LogP contribution in [0.15, 0.2) is 4.52 Å². The second-order valence-electron chi connectivity index (χ2n) is 4.15. The summed E-state index contributed by atoms with van der Waals surface area (Å²) in [5, 5.41) is 3.91. The molecule has 86 valence electrons. The molecule has 0 bridgehead atoms. The van der Waals surface area contributed by atoms with Crippen molar-refractivity contribution in [2.75, 3.05) is 13.7 Å². The van der Waals surface area contributed by atoms with E-state index in [9.17, 15) is 0 Å². The third-order valence-electron chi connectivity index (χ3n) is 2.51. The lowest BCUT2D eigenvalue weighted by molar-refractivity contribution is 0.00973. The lowest BCUT2D eigenvalue weighted by atomic mass is 10.1. The molecular formula is C10H19N3O2. The van der Waals surface area contributed by atoms with Crippen molar-refractivity contribution in [2.24, 2.45) is 5.73 Å². The fourth-order valence-corrected chi connectivity index (χ4v) is 1.14. The van der Waals surface area contributed by atoms with Gasteiger partial charge in [-0.05, 0) is 26.8 Å². The topological polar surface area (TPSA) is 74.2 Å². The van der Waals surface area contributed by atoms with E-state index in [1.807, 2.05) is 20.8 Å². The van der Waals surface area contributed by atoms with Crippen LogP contribution >= 0.6 is 0 Å². The Bertz CT molecular complexity index is 309. The summed E-state index contributed by atoms with van der Waals surface area (Å²) in [5.74, 6) is 1.40. The highest BCUT2D eigenvalue weighted by atomic mass is 16.5. The highest BCUT2D eigenvalue weighted by Gasteiger charge is 2.27. The quantitative estimate of drug-likeness (QED) is 0.800. The van der Waals surface area contributed by atoms with Crippen LogP contribution in [-0.2, 0) is 10.3 Å². The van der Waals surface area contributed by atoms with Crippen molar-refractivity contribution in [3.8, 4) is 0 Å². The van der Waals surface area contributed by atoms with Crippen molar-refractivity contribution in [3.63, 3.8) is 0 Å². The summed E-state index contributed by atoms with van der Waals surface area (Å²) in [6.45, 7) is 6.43. The number of methoxy groups -OCH3 is 1. The predicted molar refractivity (Wildman–Crippen MR) is 56.4 cm³/mol. The summed E-state index contributed by atoms with van der Waals surface area (Å²) in [6, 6.07) is 0. The largest absolute Gasteiger partial charge is 0.371 e. The van der Waals surface area contributed by atoms with E-state index in [1.54, 1.807) is 7.11 Å². The van der Waals surface area contributed by atoms with Gasteiger partial charge in [0.25, 0.3) is 0 Å². The third-order valence-corrected chi connectivity index (χ3v) is 2.51. The van der Waals surface area contributed by atoms with E-state index < -0.39 is 5.60 Å². The molecule has 0 aromatic carbocycles. The van der Waals surface area contributed by atoms with Gasteiger partial charge in [0.05, 0.1) is 0 Å². The zero-order valence-corrected chi connectivity index (χ0v) is 9.78. The van der Waals surface area contributed by atoms with Crippen LogP contribution in [0.1, 0.15) is 44.8 Å². The first-order chi connectivity index (χ1) is 7.01. The minimum Gasteiger partial charge on any atom is -0.371 e. The highest BCUT2D eigenvalue weighted by molar-refractivity contribution is 4.99. The van der Waals surface area contributed by atoms with Gasteiger partial charge in [-0.1, -0.05) is 12.1 Å². The van der Waals surface area contributed by atoms with E-state index in [4.69, 9.17) is 15.0 Å². The molecule has 0 fully saturated rings. The molecule has 0 aliphatic carbocycles. The molecule has 1 unspecified atom stereocenters. The Balaban J connectivity index is 2.80. The van der Waals surface area contributed by atoms with Crippen molar-refractivity contribution in [1.29, 1.82) is 0 Å². The van der Waals surface area contributed by atoms with Crippen LogP contribution in [0, 0.1) is 0 Å².